The molecule has 0 bridgehead atoms. The maximum Gasteiger partial charge on any atom is 0.335 e. The summed E-state index contributed by atoms with van der Waals surface area (Å²) >= 11 is 2.59. The van der Waals surface area contributed by atoms with E-state index in [2.05, 4.69) is 27.0 Å². The van der Waals surface area contributed by atoms with Gasteiger partial charge in [-0.05, 0) is 106 Å². The number of carbonyl (C=O) groups excluding carboxylic acids is 1. The van der Waals surface area contributed by atoms with Gasteiger partial charge in [-0.25, -0.2) is 30.8 Å². The van der Waals surface area contributed by atoms with Crippen LogP contribution in [0.1, 0.15) is 84.6 Å². The molecule has 4 aromatic rings. The summed E-state index contributed by atoms with van der Waals surface area (Å²) in [6.45, 7) is 7.78. The number of halogens is 5. The summed E-state index contributed by atoms with van der Waals surface area (Å²) in [7, 11) is -5.32. The van der Waals surface area contributed by atoms with Crippen LogP contribution in [-0.4, -0.2) is 47.8 Å². The first-order chi connectivity index (χ1) is 24.8. The third kappa shape index (κ3) is 8.57. The molecule has 0 spiro atoms. The van der Waals surface area contributed by atoms with Crippen LogP contribution in [0.25, 0.3) is 0 Å². The Morgan fingerprint density at radius 1 is 0.981 bits per heavy atom. The molecule has 1 aliphatic rings. The lowest BCUT2D eigenvalue weighted by atomic mass is 9.84. The molecule has 0 atom stereocenters. The first-order valence-corrected chi connectivity index (χ1v) is 18.9. The first kappa shape index (κ1) is 39.9. The number of hydrogen-bond donors (Lipinski definition) is 1. The number of sulfonamides is 1. The van der Waals surface area contributed by atoms with Crippen LogP contribution in [-0.2, 0) is 33.3 Å². The molecule has 1 saturated carbocycles. The number of amides is 1. The number of benzene rings is 3. The molecule has 1 amide bonds. The maximum atomic E-state index is 15.3. The van der Waals surface area contributed by atoms with Crippen molar-refractivity contribution < 1.29 is 45.4 Å². The standard InChI is InChI=1S/C38H38BrF4N3O6S/c1-6-52-29-16-24(37(48)49)9-10-28(29)46(18-22-13-25(23-7-8-23)15-27(14-22)38(3,4)5)30(47)20-45(19-26-17-44-12-11-21(26)2)53(50,51)36-31(39)32(40)33(41)34(42)35(36)43/h9-17,23H,6-8,18-20H2,1-5H3,(H,48,49). The molecule has 53 heavy (non-hydrogen) atoms. The van der Waals surface area contributed by atoms with Gasteiger partial charge < -0.3 is 14.7 Å². The van der Waals surface area contributed by atoms with Crippen LogP contribution in [0.4, 0.5) is 23.2 Å². The van der Waals surface area contributed by atoms with Gasteiger partial charge in [-0.2, -0.15) is 4.31 Å². The Bertz CT molecular complexity index is 2160. The molecule has 9 nitrogen and oxygen atoms in total. The zero-order valence-corrected chi connectivity index (χ0v) is 32.0. The molecule has 1 fully saturated rings. The third-order valence-electron chi connectivity index (χ3n) is 8.94. The second-order valence-corrected chi connectivity index (χ2v) is 16.5. The minimum atomic E-state index is -5.32. The van der Waals surface area contributed by atoms with Crippen LogP contribution in [0.2, 0.25) is 0 Å². The van der Waals surface area contributed by atoms with Crippen molar-refractivity contribution in [1.82, 2.24) is 9.29 Å². The van der Waals surface area contributed by atoms with Gasteiger partial charge in [0.1, 0.15) is 10.6 Å². The van der Waals surface area contributed by atoms with E-state index in [9.17, 15) is 36.3 Å². The molecule has 3 aromatic carbocycles. The number of aryl methyl sites for hydroxylation is 1. The van der Waals surface area contributed by atoms with Crippen LogP contribution in [0, 0.1) is 30.2 Å². The smallest absolute Gasteiger partial charge is 0.335 e. The highest BCUT2D eigenvalue weighted by atomic mass is 79.9. The van der Waals surface area contributed by atoms with E-state index in [1.165, 1.54) is 35.5 Å². The van der Waals surface area contributed by atoms with Gasteiger partial charge in [-0.15, -0.1) is 0 Å². The summed E-state index contributed by atoms with van der Waals surface area (Å²) in [5.41, 5.74) is 3.27. The number of carbonyl (C=O) groups is 2. The zero-order chi connectivity index (χ0) is 39.0. The average Bonchev–Trinajstić information content (AvgIpc) is 3.95. The van der Waals surface area contributed by atoms with Crippen molar-refractivity contribution in [2.75, 3.05) is 18.1 Å². The van der Waals surface area contributed by atoms with Gasteiger partial charge in [0.25, 0.3) is 0 Å². The fraction of sp³-hybridized carbons (Fsp3) is 0.342. The monoisotopic (exact) mass is 819 g/mol. The largest absolute Gasteiger partial charge is 0.492 e. The van der Waals surface area contributed by atoms with E-state index in [-0.39, 0.29) is 41.1 Å². The van der Waals surface area contributed by atoms with Gasteiger partial charge in [0, 0.05) is 18.9 Å². The second kappa shape index (κ2) is 15.6. The van der Waals surface area contributed by atoms with Crippen LogP contribution < -0.4 is 9.64 Å². The predicted octanol–water partition coefficient (Wildman–Crippen LogP) is 8.41. The molecule has 1 N–H and O–H groups in total. The fourth-order valence-electron chi connectivity index (χ4n) is 5.78. The van der Waals surface area contributed by atoms with Gasteiger partial charge in [-0.1, -0.05) is 39.0 Å². The molecule has 0 aliphatic heterocycles. The number of anilines is 1. The number of rotatable bonds is 13. The maximum absolute atomic E-state index is 15.3. The lowest BCUT2D eigenvalue weighted by Gasteiger charge is -2.30. The number of pyridine rings is 1. The lowest BCUT2D eigenvalue weighted by Crippen LogP contribution is -2.43. The first-order valence-electron chi connectivity index (χ1n) is 16.7. The molecular formula is C38H38BrF4N3O6S. The van der Waals surface area contributed by atoms with E-state index in [4.69, 9.17) is 4.74 Å². The molecule has 1 heterocycles. The van der Waals surface area contributed by atoms with Gasteiger partial charge in [-0.3, -0.25) is 9.78 Å². The predicted molar refractivity (Wildman–Crippen MR) is 193 cm³/mol. The van der Waals surface area contributed by atoms with Crippen LogP contribution >= 0.6 is 15.9 Å². The van der Waals surface area contributed by atoms with E-state index in [1.807, 2.05) is 32.9 Å². The minimum Gasteiger partial charge on any atom is -0.492 e. The summed E-state index contributed by atoms with van der Waals surface area (Å²) in [5, 5.41) is 9.70. The number of hydrogen-bond acceptors (Lipinski definition) is 6. The highest BCUT2D eigenvalue weighted by Gasteiger charge is 2.38. The van der Waals surface area contributed by atoms with Crippen LogP contribution in [0.5, 0.6) is 5.75 Å². The van der Waals surface area contributed by atoms with Crippen molar-refractivity contribution in [2.24, 2.45) is 0 Å². The molecule has 282 valence electrons. The highest BCUT2D eigenvalue weighted by molar-refractivity contribution is 9.10. The average molecular weight is 821 g/mol. The minimum absolute atomic E-state index is 0.0177. The molecule has 0 radical (unpaired) electrons. The number of aromatic nitrogens is 1. The summed E-state index contributed by atoms with van der Waals surface area (Å²) in [5.74, 6) is -10.5. The number of ether oxygens (including phenoxy) is 1. The topological polar surface area (TPSA) is 117 Å². The summed E-state index contributed by atoms with van der Waals surface area (Å²) in [6, 6.07) is 11.5. The van der Waals surface area contributed by atoms with E-state index in [1.54, 1.807) is 19.9 Å². The van der Waals surface area contributed by atoms with Crippen molar-refractivity contribution in [3.8, 4) is 5.75 Å². The van der Waals surface area contributed by atoms with Gasteiger partial charge in [0.15, 0.2) is 23.3 Å². The molecular weight excluding hydrogens is 782 g/mol. The van der Waals surface area contributed by atoms with Crippen molar-refractivity contribution in [2.45, 2.75) is 76.8 Å². The quantitative estimate of drug-likeness (QED) is 0.0818. The molecule has 0 unspecified atom stereocenters. The van der Waals surface area contributed by atoms with E-state index >= 15 is 4.39 Å². The van der Waals surface area contributed by atoms with E-state index in [0.29, 0.717) is 21.4 Å². The molecule has 1 aromatic heterocycles. The van der Waals surface area contributed by atoms with Crippen LogP contribution in [0.15, 0.2) is 64.2 Å². The van der Waals surface area contributed by atoms with Gasteiger partial charge >= 0.3 is 5.97 Å². The molecule has 5 rings (SSSR count). The summed E-state index contributed by atoms with van der Waals surface area (Å²) in [6.07, 6.45) is 4.77. The van der Waals surface area contributed by atoms with Crippen molar-refractivity contribution >= 4 is 43.5 Å². The Morgan fingerprint density at radius 3 is 2.26 bits per heavy atom. The van der Waals surface area contributed by atoms with Crippen molar-refractivity contribution in [3.05, 3.63) is 116 Å². The zero-order valence-electron chi connectivity index (χ0n) is 29.6. The van der Waals surface area contributed by atoms with Crippen LogP contribution in [0.3, 0.4) is 0 Å². The highest BCUT2D eigenvalue weighted by Crippen LogP contribution is 2.42. The van der Waals surface area contributed by atoms with Gasteiger partial charge in [0.05, 0.1) is 35.4 Å². The Hall–Kier alpha value is -4.34. The Morgan fingerprint density at radius 2 is 1.66 bits per heavy atom. The Balaban J connectivity index is 1.68. The third-order valence-corrected chi connectivity index (χ3v) is 11.8. The fourth-order valence-corrected chi connectivity index (χ4v) is 8.22. The normalized spacial score (nSPS) is 13.3. The van der Waals surface area contributed by atoms with Gasteiger partial charge in [0.2, 0.25) is 15.9 Å². The number of carboxylic acids is 1. The Labute approximate surface area is 313 Å². The molecule has 15 heteroatoms. The van der Waals surface area contributed by atoms with E-state index < -0.39 is 67.6 Å². The molecule has 0 saturated heterocycles. The summed E-state index contributed by atoms with van der Waals surface area (Å²) < 4.78 is 92.4. The number of carboxylic acid groups (broad SMARTS) is 1. The number of nitrogens with zero attached hydrogens (tertiary/aromatic N) is 3. The SMILES string of the molecule is CCOc1cc(C(=O)O)ccc1N(Cc1cc(C2CC2)cc(C(C)(C)C)c1)C(=O)CN(Cc1cnccc1C)S(=O)(=O)c1c(F)c(F)c(F)c(F)c1Br. The van der Waals surface area contributed by atoms with Crippen molar-refractivity contribution in [3.63, 3.8) is 0 Å². The van der Waals surface area contributed by atoms with Crippen molar-refractivity contribution in [1.29, 1.82) is 0 Å². The lowest BCUT2D eigenvalue weighted by molar-refractivity contribution is -0.119. The Kier molecular flexibility index (Phi) is 11.7. The number of aromatic carboxylic acids is 1. The summed E-state index contributed by atoms with van der Waals surface area (Å²) in [4.78, 5) is 30.3. The second-order valence-electron chi connectivity index (χ2n) is 13.9. The van der Waals surface area contributed by atoms with E-state index in [0.717, 1.165) is 24.0 Å². The molecule has 1 aliphatic carbocycles.